The third-order valence-corrected chi connectivity index (χ3v) is 8.63. The number of esters is 8. The average Bonchev–Trinajstić information content (AvgIpc) is 3.20. The topological polar surface area (TPSA) is 287 Å². The zero-order valence-electron chi connectivity index (χ0n) is 36.1. The van der Waals surface area contributed by atoms with E-state index in [1.165, 1.54) is 13.8 Å². The highest BCUT2D eigenvalue weighted by Crippen LogP contribution is 2.30. The Morgan fingerprint density at radius 2 is 0.688 bits per heavy atom. The van der Waals surface area contributed by atoms with Gasteiger partial charge in [-0.2, -0.15) is 0 Å². The number of rotatable bonds is 14. The number of ether oxygens (including phenoxy) is 10. The summed E-state index contributed by atoms with van der Waals surface area (Å²) in [7, 11) is 0. The molecule has 2 aromatic rings. The fraction of sp³-hybridized carbons (Fsp3) is 0.476. The van der Waals surface area contributed by atoms with Crippen LogP contribution in [0.25, 0.3) is 0 Å². The van der Waals surface area contributed by atoms with Gasteiger partial charge in [0, 0.05) is 66.5 Å². The minimum atomic E-state index is -1.43. The van der Waals surface area contributed by atoms with E-state index in [0.29, 0.717) is 0 Å². The average molecular weight is 903 g/mol. The number of benzene rings is 2. The van der Waals surface area contributed by atoms with Crippen LogP contribution in [0.1, 0.15) is 76.1 Å². The first-order chi connectivity index (χ1) is 30.2. The molecule has 4 unspecified atom stereocenters. The molecule has 4 rings (SSSR count). The van der Waals surface area contributed by atoms with Crippen molar-refractivity contribution in [3.63, 3.8) is 0 Å². The highest BCUT2D eigenvalue weighted by Gasteiger charge is 2.54. The van der Waals surface area contributed by atoms with E-state index in [1.807, 2.05) is 0 Å². The summed E-state index contributed by atoms with van der Waals surface area (Å²) in [6.07, 6.45) is -10.4. The molecule has 2 aromatic carbocycles. The normalized spacial score (nSPS) is 24.6. The van der Waals surface area contributed by atoms with Crippen molar-refractivity contribution in [1.29, 1.82) is 0 Å². The third kappa shape index (κ3) is 16.4. The zero-order valence-corrected chi connectivity index (χ0v) is 36.1. The number of hydrogen-bond donors (Lipinski definition) is 2. The van der Waals surface area contributed by atoms with Gasteiger partial charge in [-0.05, 0) is 24.3 Å². The number of carbonyl (C=O) groups is 10. The van der Waals surface area contributed by atoms with Gasteiger partial charge in [-0.1, -0.05) is 36.4 Å². The lowest BCUT2D eigenvalue weighted by Crippen LogP contribution is -2.67. The van der Waals surface area contributed by atoms with Crippen molar-refractivity contribution in [2.24, 2.45) is 0 Å². The van der Waals surface area contributed by atoms with Gasteiger partial charge in [-0.3, -0.25) is 47.9 Å². The van der Waals surface area contributed by atoms with Gasteiger partial charge in [0.05, 0.1) is 0 Å². The molecule has 2 aliphatic rings. The van der Waals surface area contributed by atoms with Crippen molar-refractivity contribution in [3.8, 4) is 0 Å². The zero-order chi connectivity index (χ0) is 47.7. The molecule has 2 amide bonds. The Morgan fingerprint density at radius 1 is 0.406 bits per heavy atom. The molecular formula is C42H50N2O20. The molecule has 2 saturated heterocycles. The van der Waals surface area contributed by atoms with Crippen LogP contribution in [0, 0.1) is 0 Å². The molecular weight excluding hydrogens is 852 g/mol. The summed E-state index contributed by atoms with van der Waals surface area (Å²) in [6, 6.07) is 13.8. The Kier molecular flexibility index (Phi) is 19.8. The maximum atomic E-state index is 12.8. The first kappa shape index (κ1) is 51.4. The lowest BCUT2D eigenvalue weighted by Gasteiger charge is -2.44. The van der Waals surface area contributed by atoms with E-state index in [9.17, 15) is 47.9 Å². The second kappa shape index (κ2) is 24.6. The van der Waals surface area contributed by atoms with Crippen molar-refractivity contribution in [3.05, 3.63) is 71.8 Å². The molecule has 2 aliphatic heterocycles. The monoisotopic (exact) mass is 902 g/mol. The molecule has 2 N–H and O–H groups in total. The maximum absolute atomic E-state index is 12.8. The quantitative estimate of drug-likeness (QED) is 0.197. The molecule has 348 valence electrons. The van der Waals surface area contributed by atoms with Crippen molar-refractivity contribution in [2.45, 2.75) is 117 Å². The lowest BCUT2D eigenvalue weighted by molar-refractivity contribution is -0.270. The van der Waals surface area contributed by atoms with Crippen LogP contribution in [-0.4, -0.2) is 134 Å². The van der Waals surface area contributed by atoms with Crippen LogP contribution in [0.3, 0.4) is 0 Å². The summed E-state index contributed by atoms with van der Waals surface area (Å²) in [5, 5.41) is 5.23. The van der Waals surface area contributed by atoms with Gasteiger partial charge >= 0.3 is 47.8 Å². The van der Waals surface area contributed by atoms with Gasteiger partial charge in [0.2, 0.25) is 12.6 Å². The van der Waals surface area contributed by atoms with E-state index < -0.39 is 121 Å². The van der Waals surface area contributed by atoms with E-state index in [-0.39, 0.29) is 24.3 Å². The van der Waals surface area contributed by atoms with Crippen LogP contribution in [0.15, 0.2) is 60.7 Å². The first-order valence-corrected chi connectivity index (χ1v) is 19.5. The highest BCUT2D eigenvalue weighted by atomic mass is 16.7. The third-order valence-electron chi connectivity index (χ3n) is 8.63. The molecule has 0 spiro atoms. The van der Waals surface area contributed by atoms with Crippen LogP contribution in [0.2, 0.25) is 0 Å². The molecule has 0 radical (unpaired) electrons. The predicted molar refractivity (Wildman–Crippen MR) is 212 cm³/mol. The van der Waals surface area contributed by atoms with E-state index in [0.717, 1.165) is 41.5 Å². The first-order valence-electron chi connectivity index (χ1n) is 19.5. The van der Waals surface area contributed by atoms with Gasteiger partial charge in [-0.15, -0.1) is 0 Å². The fourth-order valence-electron chi connectivity index (χ4n) is 6.29. The maximum Gasteiger partial charge on any atom is 0.305 e. The van der Waals surface area contributed by atoms with Gasteiger partial charge in [0.1, 0.15) is 37.5 Å². The summed E-state index contributed by atoms with van der Waals surface area (Å²) in [5.41, 5.74) is 0.559. The Hall–Kier alpha value is -6.94. The summed E-state index contributed by atoms with van der Waals surface area (Å²) >= 11 is 0. The van der Waals surface area contributed by atoms with Crippen LogP contribution in [0.4, 0.5) is 0 Å². The lowest BCUT2D eigenvalue weighted by atomic mass is 9.95. The van der Waals surface area contributed by atoms with Crippen LogP contribution in [0.5, 0.6) is 0 Å². The van der Waals surface area contributed by atoms with Gasteiger partial charge in [0.15, 0.2) is 24.4 Å². The number of hydrogen-bond acceptors (Lipinski definition) is 20. The summed E-state index contributed by atoms with van der Waals surface area (Å²) in [6.45, 7) is 8.31. The predicted octanol–water partition coefficient (Wildman–Crippen LogP) is 0.999. The van der Waals surface area contributed by atoms with E-state index in [1.54, 1.807) is 60.7 Å². The van der Waals surface area contributed by atoms with Crippen LogP contribution >= 0.6 is 0 Å². The number of carbonyl (C=O) groups excluding carboxylic acids is 10. The van der Waals surface area contributed by atoms with Crippen LogP contribution in [-0.2, 0) is 85.7 Å². The van der Waals surface area contributed by atoms with E-state index in [4.69, 9.17) is 47.4 Å². The number of amides is 2. The molecule has 64 heavy (non-hydrogen) atoms. The van der Waals surface area contributed by atoms with Crippen molar-refractivity contribution < 1.29 is 95.3 Å². The smallest absolute Gasteiger partial charge is 0.305 e. The minimum Gasteiger partial charge on any atom is -0.463 e. The number of nitrogens with one attached hydrogen (secondary N) is 2. The molecule has 0 bridgehead atoms. The van der Waals surface area contributed by atoms with Crippen molar-refractivity contribution >= 4 is 59.6 Å². The van der Waals surface area contributed by atoms with Crippen molar-refractivity contribution in [1.82, 2.24) is 10.6 Å². The van der Waals surface area contributed by atoms with E-state index in [2.05, 4.69) is 10.6 Å². The highest BCUT2D eigenvalue weighted by molar-refractivity contribution is 5.95. The molecule has 2 heterocycles. The molecule has 0 saturated carbocycles. The summed E-state index contributed by atoms with van der Waals surface area (Å²) in [5.74, 6) is -6.88. The van der Waals surface area contributed by atoms with Crippen molar-refractivity contribution in [2.75, 3.05) is 13.2 Å². The minimum absolute atomic E-state index is 0.279. The Morgan fingerprint density at radius 3 is 0.953 bits per heavy atom. The van der Waals surface area contributed by atoms with E-state index >= 15 is 0 Å². The standard InChI is InChI=1S/2C21H25NO10/c2*1-11(23)28-10-16-18(29-12(2)24)19(30-13(3)25)17(21(32-16)31-14(4)26)22-20(27)15-8-6-5-7-9-15/h2*5-9,16-19,21H,10H2,1-4H3,(H,22,27)/t16?,17-,18+,19-,21?;16?,17-,18-,19+,21?/m10/s1. The molecule has 22 nitrogen and oxygen atoms in total. The Labute approximate surface area is 366 Å². The Balaban J connectivity index is 0.000000340. The summed E-state index contributed by atoms with van der Waals surface area (Å²) < 4.78 is 53.1. The largest absolute Gasteiger partial charge is 0.463 e. The molecule has 22 heteroatoms. The second-order valence-corrected chi connectivity index (χ2v) is 13.9. The van der Waals surface area contributed by atoms with Gasteiger partial charge < -0.3 is 58.0 Å². The summed E-state index contributed by atoms with van der Waals surface area (Å²) in [4.78, 5) is 119. The molecule has 0 aromatic heterocycles. The molecule has 10 atom stereocenters. The Bertz CT molecular complexity index is 1850. The SMILES string of the molecule is CC(=O)OCC1OC(OC(C)=O)[C@@H](NC(=O)c2ccccc2)[C@@H](OC(C)=O)[C@H]1OC(C)=O.CC(=O)OCC1OC(OC(C)=O)[C@H](NC(=O)c2ccccc2)[C@@H](OC(C)=O)[C@H]1OC(C)=O. The van der Waals surface area contributed by atoms with Crippen LogP contribution < -0.4 is 10.6 Å². The molecule has 2 fully saturated rings. The molecule has 0 aliphatic carbocycles. The van der Waals surface area contributed by atoms with Gasteiger partial charge in [0.25, 0.3) is 11.8 Å². The van der Waals surface area contributed by atoms with Gasteiger partial charge in [-0.25, -0.2) is 0 Å². The second-order valence-electron chi connectivity index (χ2n) is 13.9. The fourth-order valence-corrected chi connectivity index (χ4v) is 6.29.